The standard InChI is InChI=1S/C12H19N.C10H13ClO.C7H14/c1-9-10(8-13)6-5-7-11(9)12(2,3)4;1-5-10(9(4)12)7(2)6-8(3)11;1-4-5-6-7(2)3/h5-7H,8,13H2,1-4H3;5-6H,3H2,1-2,4H3;2,4-6H2,1,3H3/b;7-6-,10-5+;. The molecule has 0 aliphatic rings. The van der Waals surface area contributed by atoms with E-state index in [9.17, 15) is 4.79 Å². The maximum absolute atomic E-state index is 11.0. The lowest BCUT2D eigenvalue weighted by molar-refractivity contribution is -0.113. The molecule has 0 radical (unpaired) electrons. The van der Waals surface area contributed by atoms with Gasteiger partial charge >= 0.3 is 0 Å². The van der Waals surface area contributed by atoms with Gasteiger partial charge in [0, 0.05) is 17.2 Å². The Morgan fingerprint density at radius 2 is 1.72 bits per heavy atom. The van der Waals surface area contributed by atoms with Crippen LogP contribution in [0, 0.1) is 6.92 Å². The van der Waals surface area contributed by atoms with Gasteiger partial charge in [0.2, 0.25) is 0 Å². The topological polar surface area (TPSA) is 43.1 Å². The van der Waals surface area contributed by atoms with Crippen molar-refractivity contribution >= 4 is 17.4 Å². The van der Waals surface area contributed by atoms with E-state index in [0.717, 1.165) is 5.57 Å². The first-order valence-electron chi connectivity index (χ1n) is 11.4. The number of carbonyl (C=O) groups is 1. The van der Waals surface area contributed by atoms with Crippen LogP contribution in [0.2, 0.25) is 0 Å². The van der Waals surface area contributed by atoms with E-state index < -0.39 is 0 Å². The van der Waals surface area contributed by atoms with Crippen molar-refractivity contribution in [1.82, 2.24) is 0 Å². The molecule has 0 aliphatic carbocycles. The maximum atomic E-state index is 11.0. The second-order valence-electron chi connectivity index (χ2n) is 9.14. The van der Waals surface area contributed by atoms with Crippen molar-refractivity contribution in [3.63, 3.8) is 0 Å². The van der Waals surface area contributed by atoms with Crippen LogP contribution >= 0.6 is 11.6 Å². The number of allylic oxidation sites excluding steroid dienone is 6. The molecular weight excluding hydrogens is 414 g/mol. The largest absolute Gasteiger partial charge is 0.326 e. The second-order valence-corrected chi connectivity index (χ2v) is 9.62. The molecule has 0 bridgehead atoms. The minimum atomic E-state index is 0.0455. The number of rotatable bonds is 7. The van der Waals surface area contributed by atoms with E-state index in [-0.39, 0.29) is 11.2 Å². The Kier molecular flexibility index (Phi) is 16.8. The summed E-state index contributed by atoms with van der Waals surface area (Å²) in [5.74, 6) is 0.0455. The fourth-order valence-corrected chi connectivity index (χ4v) is 3.38. The number of nitrogens with two attached hydrogens (primary N) is 1. The summed E-state index contributed by atoms with van der Waals surface area (Å²) in [6.45, 7) is 26.3. The van der Waals surface area contributed by atoms with E-state index in [4.69, 9.17) is 17.3 Å². The van der Waals surface area contributed by atoms with Crippen LogP contribution in [0.25, 0.3) is 0 Å². The number of hydrogen-bond acceptors (Lipinski definition) is 2. The highest BCUT2D eigenvalue weighted by Gasteiger charge is 2.16. The maximum Gasteiger partial charge on any atom is 0.159 e. The van der Waals surface area contributed by atoms with Crippen molar-refractivity contribution < 1.29 is 4.79 Å². The third kappa shape index (κ3) is 14.2. The smallest absolute Gasteiger partial charge is 0.159 e. The number of unbranched alkanes of at least 4 members (excludes halogenated alkanes) is 1. The summed E-state index contributed by atoms with van der Waals surface area (Å²) in [6, 6.07) is 6.38. The number of hydrogen-bond donors (Lipinski definition) is 1. The average Bonchev–Trinajstić information content (AvgIpc) is 2.66. The van der Waals surface area contributed by atoms with Crippen molar-refractivity contribution in [2.24, 2.45) is 5.73 Å². The van der Waals surface area contributed by atoms with Crippen LogP contribution in [-0.2, 0) is 16.8 Å². The fraction of sp³-hybridized carbons (Fsp3) is 0.483. The lowest BCUT2D eigenvalue weighted by Gasteiger charge is -2.23. The van der Waals surface area contributed by atoms with Gasteiger partial charge in [-0.05, 0) is 81.2 Å². The molecule has 0 heterocycles. The monoisotopic (exact) mass is 459 g/mol. The van der Waals surface area contributed by atoms with Gasteiger partial charge in [-0.1, -0.05) is 82.1 Å². The highest BCUT2D eigenvalue weighted by atomic mass is 35.5. The van der Waals surface area contributed by atoms with Gasteiger partial charge in [0.1, 0.15) is 0 Å². The third-order valence-electron chi connectivity index (χ3n) is 4.90. The molecule has 0 saturated heterocycles. The molecule has 2 N–H and O–H groups in total. The van der Waals surface area contributed by atoms with Gasteiger partial charge in [-0.15, -0.1) is 6.58 Å². The Bertz CT molecular complexity index is 807. The number of carbonyl (C=O) groups excluding carboxylic acids is 1. The van der Waals surface area contributed by atoms with Crippen LogP contribution in [0.4, 0.5) is 0 Å². The minimum absolute atomic E-state index is 0.0455. The van der Waals surface area contributed by atoms with Crippen LogP contribution in [0.15, 0.2) is 65.3 Å². The Labute approximate surface area is 203 Å². The van der Waals surface area contributed by atoms with Crippen LogP contribution < -0.4 is 5.73 Å². The van der Waals surface area contributed by atoms with Crippen molar-refractivity contribution in [3.05, 3.63) is 82.0 Å². The third-order valence-corrected chi connectivity index (χ3v) is 5.01. The van der Waals surface area contributed by atoms with Gasteiger partial charge in [-0.3, -0.25) is 4.79 Å². The molecule has 0 saturated carbocycles. The predicted molar refractivity (Wildman–Crippen MR) is 145 cm³/mol. The zero-order chi connectivity index (χ0) is 25.5. The van der Waals surface area contributed by atoms with Crippen LogP contribution in [0.5, 0.6) is 0 Å². The fourth-order valence-electron chi connectivity index (χ4n) is 3.22. The highest BCUT2D eigenvalue weighted by Crippen LogP contribution is 2.27. The lowest BCUT2D eigenvalue weighted by atomic mass is 9.83. The second kappa shape index (κ2) is 16.7. The zero-order valence-corrected chi connectivity index (χ0v) is 22.7. The summed E-state index contributed by atoms with van der Waals surface area (Å²) < 4.78 is 0. The molecular formula is C29H46ClNO. The normalized spacial score (nSPS) is 11.6. The number of ketones is 1. The molecule has 1 aromatic rings. The first-order chi connectivity index (χ1) is 14.7. The molecule has 0 spiro atoms. The van der Waals surface area contributed by atoms with Crippen molar-refractivity contribution in [2.75, 3.05) is 0 Å². The van der Waals surface area contributed by atoms with Crippen molar-refractivity contribution in [2.45, 2.75) is 93.5 Å². The first-order valence-corrected chi connectivity index (χ1v) is 11.7. The molecule has 0 fully saturated rings. The minimum Gasteiger partial charge on any atom is -0.326 e. The summed E-state index contributed by atoms with van der Waals surface area (Å²) >= 11 is 5.57. The van der Waals surface area contributed by atoms with E-state index in [1.807, 2.05) is 13.8 Å². The Morgan fingerprint density at radius 3 is 2.03 bits per heavy atom. The number of benzene rings is 1. The highest BCUT2D eigenvalue weighted by molar-refractivity contribution is 6.31. The quantitative estimate of drug-likeness (QED) is 0.251. The molecule has 0 unspecified atom stereocenters. The average molecular weight is 460 g/mol. The predicted octanol–water partition coefficient (Wildman–Crippen LogP) is 8.72. The summed E-state index contributed by atoms with van der Waals surface area (Å²) in [7, 11) is 0. The lowest BCUT2D eigenvalue weighted by Crippen LogP contribution is -2.14. The van der Waals surface area contributed by atoms with E-state index in [0.29, 0.717) is 17.2 Å². The number of Topliss-reactive ketones (excluding diaryl/α,β-unsaturated/α-hetero) is 1. The van der Waals surface area contributed by atoms with Gasteiger partial charge < -0.3 is 5.73 Å². The SMILES string of the molecule is C=C(C)CCCC.C=C(Cl)/C=C(C)\C(=C/C)C(C)=O.Cc1c(CN)cccc1C(C)(C)C. The van der Waals surface area contributed by atoms with E-state index >= 15 is 0 Å². The van der Waals surface area contributed by atoms with Crippen LogP contribution in [-0.4, -0.2) is 5.78 Å². The van der Waals surface area contributed by atoms with E-state index in [2.05, 4.69) is 72.9 Å². The van der Waals surface area contributed by atoms with E-state index in [1.54, 1.807) is 12.2 Å². The van der Waals surface area contributed by atoms with Crippen molar-refractivity contribution in [3.8, 4) is 0 Å². The molecule has 1 rings (SSSR count). The van der Waals surface area contributed by atoms with Crippen molar-refractivity contribution in [1.29, 1.82) is 0 Å². The molecule has 2 nitrogen and oxygen atoms in total. The molecule has 32 heavy (non-hydrogen) atoms. The molecule has 0 aromatic heterocycles. The summed E-state index contributed by atoms with van der Waals surface area (Å²) in [6.07, 6.45) is 7.24. The summed E-state index contributed by atoms with van der Waals surface area (Å²) in [5.41, 5.74) is 12.7. The Hall–Kier alpha value is -1.90. The summed E-state index contributed by atoms with van der Waals surface area (Å²) in [4.78, 5) is 11.0. The van der Waals surface area contributed by atoms with Gasteiger partial charge in [-0.25, -0.2) is 0 Å². The van der Waals surface area contributed by atoms with Gasteiger partial charge in [0.05, 0.1) is 0 Å². The molecule has 1 aromatic carbocycles. The summed E-state index contributed by atoms with van der Waals surface area (Å²) in [5, 5.41) is 0.438. The zero-order valence-electron chi connectivity index (χ0n) is 22.0. The molecule has 0 aliphatic heterocycles. The molecule has 0 amide bonds. The van der Waals surface area contributed by atoms with Gasteiger partial charge in [0.25, 0.3) is 0 Å². The molecule has 0 atom stereocenters. The van der Waals surface area contributed by atoms with E-state index in [1.165, 1.54) is 48.4 Å². The van der Waals surface area contributed by atoms with Gasteiger partial charge in [0.15, 0.2) is 5.78 Å². The molecule has 180 valence electrons. The van der Waals surface area contributed by atoms with Crippen LogP contribution in [0.1, 0.15) is 91.3 Å². The van der Waals surface area contributed by atoms with Gasteiger partial charge in [-0.2, -0.15) is 0 Å². The first kappa shape index (κ1) is 32.3. The molecule has 3 heteroatoms. The number of halogens is 1. The Morgan fingerprint density at radius 1 is 1.16 bits per heavy atom. The Balaban J connectivity index is 0. The van der Waals surface area contributed by atoms with Crippen LogP contribution in [0.3, 0.4) is 0 Å².